The molecular weight excluding hydrogens is 344 g/mol. The molecule has 27 heavy (non-hydrogen) atoms. The topological polar surface area (TPSA) is 82.2 Å². The minimum absolute atomic E-state index is 0.206. The summed E-state index contributed by atoms with van der Waals surface area (Å²) in [5.74, 6) is 0.997. The molecule has 0 aliphatic carbocycles. The molecule has 0 saturated carbocycles. The largest absolute Gasteiger partial charge is 0.489 e. The van der Waals surface area contributed by atoms with Crippen molar-refractivity contribution >= 4 is 5.91 Å². The minimum atomic E-state index is -0.300. The van der Waals surface area contributed by atoms with Gasteiger partial charge in [-0.1, -0.05) is 22.9 Å². The number of hydrogen-bond donors (Lipinski definition) is 1. The maximum atomic E-state index is 12.7. The molecule has 7 nitrogen and oxygen atoms in total. The van der Waals surface area contributed by atoms with Crippen LogP contribution in [-0.2, 0) is 13.2 Å². The van der Waals surface area contributed by atoms with E-state index in [4.69, 9.17) is 9.26 Å². The molecule has 2 aromatic heterocycles. The van der Waals surface area contributed by atoms with Crippen molar-refractivity contribution in [1.29, 1.82) is 0 Å². The number of nitrogens with one attached hydrogen (secondary N) is 1. The second kappa shape index (κ2) is 8.07. The molecule has 3 aromatic rings. The molecule has 2 heterocycles. The van der Waals surface area contributed by atoms with Crippen molar-refractivity contribution in [2.24, 2.45) is 0 Å². The van der Waals surface area contributed by atoms with Crippen molar-refractivity contribution in [3.05, 3.63) is 64.8 Å². The van der Waals surface area contributed by atoms with E-state index in [1.165, 1.54) is 0 Å². The number of nitrogens with zero attached hydrogens (tertiary/aromatic N) is 3. The Morgan fingerprint density at radius 2 is 2.00 bits per heavy atom. The van der Waals surface area contributed by atoms with Crippen LogP contribution >= 0.6 is 0 Å². The monoisotopic (exact) mass is 368 g/mol. The van der Waals surface area contributed by atoms with Gasteiger partial charge in [0.25, 0.3) is 5.91 Å². The third-order valence-electron chi connectivity index (χ3n) is 4.44. The number of benzene rings is 1. The SMILES string of the molecule is CCn1nccc1C(C)NC(=O)c1noc(C)c1COc1ccc(C)cc1. The highest BCUT2D eigenvalue weighted by Gasteiger charge is 2.23. The molecule has 0 bridgehead atoms. The van der Waals surface area contributed by atoms with Gasteiger partial charge in [-0.25, -0.2) is 0 Å². The lowest BCUT2D eigenvalue weighted by molar-refractivity contribution is 0.0927. The van der Waals surface area contributed by atoms with E-state index in [1.54, 1.807) is 13.1 Å². The number of carbonyl (C=O) groups excluding carboxylic acids is 1. The van der Waals surface area contributed by atoms with Gasteiger partial charge in [0.15, 0.2) is 5.69 Å². The zero-order valence-corrected chi connectivity index (χ0v) is 16.0. The van der Waals surface area contributed by atoms with Crippen molar-refractivity contribution in [1.82, 2.24) is 20.3 Å². The summed E-state index contributed by atoms with van der Waals surface area (Å²) in [5, 5.41) is 11.1. The Balaban J connectivity index is 1.71. The second-order valence-corrected chi connectivity index (χ2v) is 6.43. The molecule has 1 aromatic carbocycles. The Labute approximate surface area is 158 Å². The zero-order valence-electron chi connectivity index (χ0n) is 16.0. The zero-order chi connectivity index (χ0) is 19.4. The van der Waals surface area contributed by atoms with Gasteiger partial charge in [0.1, 0.15) is 18.1 Å². The van der Waals surface area contributed by atoms with Crippen LogP contribution in [0.4, 0.5) is 0 Å². The molecule has 0 radical (unpaired) electrons. The normalized spacial score (nSPS) is 12.0. The van der Waals surface area contributed by atoms with Gasteiger partial charge >= 0.3 is 0 Å². The van der Waals surface area contributed by atoms with Crippen LogP contribution in [0.5, 0.6) is 5.75 Å². The van der Waals surface area contributed by atoms with Crippen LogP contribution in [-0.4, -0.2) is 20.8 Å². The highest BCUT2D eigenvalue weighted by atomic mass is 16.5. The number of carbonyl (C=O) groups is 1. The van der Waals surface area contributed by atoms with Crippen LogP contribution in [0, 0.1) is 13.8 Å². The van der Waals surface area contributed by atoms with Gasteiger partial charge in [-0.2, -0.15) is 5.10 Å². The molecule has 142 valence electrons. The molecule has 0 saturated heterocycles. The van der Waals surface area contributed by atoms with E-state index >= 15 is 0 Å². The molecule has 1 atom stereocenters. The van der Waals surface area contributed by atoms with Gasteiger partial charge in [-0.05, 0) is 45.9 Å². The van der Waals surface area contributed by atoms with Crippen LogP contribution in [0.15, 0.2) is 41.1 Å². The van der Waals surface area contributed by atoms with Gasteiger partial charge in [0.05, 0.1) is 17.3 Å². The maximum Gasteiger partial charge on any atom is 0.274 e. The lowest BCUT2D eigenvalue weighted by Gasteiger charge is -2.15. The summed E-state index contributed by atoms with van der Waals surface area (Å²) in [6.45, 7) is 8.65. The van der Waals surface area contributed by atoms with E-state index in [2.05, 4.69) is 15.6 Å². The van der Waals surface area contributed by atoms with Crippen molar-refractivity contribution in [3.8, 4) is 5.75 Å². The first-order valence-corrected chi connectivity index (χ1v) is 8.96. The average molecular weight is 368 g/mol. The Morgan fingerprint density at radius 3 is 2.70 bits per heavy atom. The van der Waals surface area contributed by atoms with Crippen molar-refractivity contribution in [3.63, 3.8) is 0 Å². The third-order valence-corrected chi connectivity index (χ3v) is 4.44. The maximum absolute atomic E-state index is 12.7. The first-order chi connectivity index (χ1) is 13.0. The molecular formula is C20H24N4O3. The molecule has 0 aliphatic heterocycles. The average Bonchev–Trinajstić information content (AvgIpc) is 3.27. The number of ether oxygens (including phenoxy) is 1. The van der Waals surface area contributed by atoms with E-state index in [-0.39, 0.29) is 24.2 Å². The standard InChI is InChI=1S/C20H24N4O3/c1-5-24-18(10-11-21-24)14(3)22-20(25)19-17(15(4)27-23-19)12-26-16-8-6-13(2)7-9-16/h6-11,14H,5,12H2,1-4H3,(H,22,25). The van der Waals surface area contributed by atoms with E-state index in [0.717, 1.165) is 23.6 Å². The third kappa shape index (κ3) is 4.19. The minimum Gasteiger partial charge on any atom is -0.489 e. The Morgan fingerprint density at radius 1 is 1.26 bits per heavy atom. The highest BCUT2D eigenvalue weighted by molar-refractivity contribution is 5.94. The molecule has 0 aliphatic rings. The highest BCUT2D eigenvalue weighted by Crippen LogP contribution is 2.20. The quantitative estimate of drug-likeness (QED) is 0.689. The van der Waals surface area contributed by atoms with E-state index in [9.17, 15) is 4.79 Å². The van der Waals surface area contributed by atoms with Crippen molar-refractivity contribution in [2.45, 2.75) is 46.9 Å². The Bertz CT molecular complexity index is 912. The number of amides is 1. The summed E-state index contributed by atoms with van der Waals surface area (Å²) >= 11 is 0. The molecule has 1 amide bonds. The summed E-state index contributed by atoms with van der Waals surface area (Å²) < 4.78 is 12.9. The summed E-state index contributed by atoms with van der Waals surface area (Å²) in [5.41, 5.74) is 2.98. The van der Waals surface area contributed by atoms with E-state index < -0.39 is 0 Å². The number of aromatic nitrogens is 3. The van der Waals surface area contributed by atoms with Crippen LogP contribution < -0.4 is 10.1 Å². The summed E-state index contributed by atoms with van der Waals surface area (Å²) in [4.78, 5) is 12.7. The summed E-state index contributed by atoms with van der Waals surface area (Å²) in [6.07, 6.45) is 1.72. The molecule has 1 unspecified atom stereocenters. The fraction of sp³-hybridized carbons (Fsp3) is 0.350. The Kier molecular flexibility index (Phi) is 5.59. The van der Waals surface area contributed by atoms with Crippen LogP contribution in [0.3, 0.4) is 0 Å². The predicted molar refractivity (Wildman–Crippen MR) is 101 cm³/mol. The molecule has 7 heteroatoms. The number of aryl methyl sites for hydroxylation is 3. The van der Waals surface area contributed by atoms with Crippen LogP contribution in [0.2, 0.25) is 0 Å². The fourth-order valence-corrected chi connectivity index (χ4v) is 2.84. The van der Waals surface area contributed by atoms with Crippen LogP contribution in [0.25, 0.3) is 0 Å². The van der Waals surface area contributed by atoms with Gasteiger partial charge in [0, 0.05) is 12.7 Å². The molecule has 1 N–H and O–H groups in total. The second-order valence-electron chi connectivity index (χ2n) is 6.43. The van der Waals surface area contributed by atoms with E-state index in [0.29, 0.717) is 11.3 Å². The lowest BCUT2D eigenvalue weighted by Crippen LogP contribution is -2.29. The molecule has 0 fully saturated rings. The molecule has 0 spiro atoms. The van der Waals surface area contributed by atoms with Gasteiger partial charge in [-0.15, -0.1) is 0 Å². The van der Waals surface area contributed by atoms with E-state index in [1.807, 2.05) is 55.8 Å². The van der Waals surface area contributed by atoms with Crippen molar-refractivity contribution < 1.29 is 14.1 Å². The van der Waals surface area contributed by atoms with Gasteiger partial charge in [-0.3, -0.25) is 9.48 Å². The fourth-order valence-electron chi connectivity index (χ4n) is 2.84. The van der Waals surface area contributed by atoms with Crippen molar-refractivity contribution in [2.75, 3.05) is 0 Å². The summed E-state index contributed by atoms with van der Waals surface area (Å²) in [7, 11) is 0. The first kappa shape index (κ1) is 18.7. The molecule has 3 rings (SSSR count). The van der Waals surface area contributed by atoms with Gasteiger partial charge < -0.3 is 14.6 Å². The smallest absolute Gasteiger partial charge is 0.274 e. The first-order valence-electron chi connectivity index (χ1n) is 8.96. The van der Waals surface area contributed by atoms with Gasteiger partial charge in [0.2, 0.25) is 0 Å². The lowest BCUT2D eigenvalue weighted by atomic mass is 10.1. The summed E-state index contributed by atoms with van der Waals surface area (Å²) in [6, 6.07) is 9.42. The Hall–Kier alpha value is -3.09. The number of rotatable bonds is 7. The predicted octanol–water partition coefficient (Wildman–Crippen LogP) is 3.58. The number of hydrogen-bond acceptors (Lipinski definition) is 5. The van der Waals surface area contributed by atoms with Crippen LogP contribution in [0.1, 0.15) is 53.0 Å².